The first-order chi connectivity index (χ1) is 10.3. The van der Waals surface area contributed by atoms with Gasteiger partial charge < -0.3 is 5.32 Å². The lowest BCUT2D eigenvalue weighted by Crippen LogP contribution is -2.47. The van der Waals surface area contributed by atoms with Crippen molar-refractivity contribution in [2.75, 3.05) is 12.3 Å². The molecular formula is C17H23ClN2OS. The largest absolute Gasteiger partial charge is 0.353 e. The third kappa shape index (κ3) is 2.54. The second-order valence-corrected chi connectivity index (χ2v) is 7.88. The Balaban J connectivity index is 0.00000144. The van der Waals surface area contributed by atoms with Gasteiger partial charge >= 0.3 is 0 Å². The number of amides is 1. The van der Waals surface area contributed by atoms with Crippen molar-refractivity contribution in [2.45, 2.75) is 42.9 Å². The molecule has 3 nitrogen and oxygen atoms in total. The summed E-state index contributed by atoms with van der Waals surface area (Å²) in [7, 11) is 0. The zero-order valence-electron chi connectivity index (χ0n) is 12.7. The van der Waals surface area contributed by atoms with Crippen molar-refractivity contribution in [2.24, 2.45) is 16.8 Å². The van der Waals surface area contributed by atoms with Crippen LogP contribution in [0.15, 0.2) is 29.3 Å². The number of carbonyl (C=O) groups is 1. The first-order valence-corrected chi connectivity index (χ1v) is 9.13. The number of nitrogens with one attached hydrogen (secondary N) is 1. The highest BCUT2D eigenvalue weighted by atomic mass is 35.5. The number of hydrogen-bond acceptors (Lipinski definition) is 3. The molecule has 2 aliphatic heterocycles. The summed E-state index contributed by atoms with van der Waals surface area (Å²) in [5.74, 6) is 1.79. The first kappa shape index (κ1) is 16.1. The predicted molar refractivity (Wildman–Crippen MR) is 95.0 cm³/mol. The predicted octanol–water partition coefficient (Wildman–Crippen LogP) is 3.16. The third-order valence-corrected chi connectivity index (χ3v) is 7.06. The van der Waals surface area contributed by atoms with Crippen molar-refractivity contribution in [1.29, 1.82) is 0 Å². The van der Waals surface area contributed by atoms with Crippen molar-refractivity contribution in [3.05, 3.63) is 24.3 Å². The molecule has 5 heteroatoms. The van der Waals surface area contributed by atoms with Crippen molar-refractivity contribution in [3.8, 4) is 0 Å². The van der Waals surface area contributed by atoms with E-state index in [0.29, 0.717) is 17.9 Å². The Morgan fingerprint density at radius 2 is 2.09 bits per heavy atom. The zero-order chi connectivity index (χ0) is 14.3. The maximum atomic E-state index is 12.7. The van der Waals surface area contributed by atoms with Gasteiger partial charge in [-0.05, 0) is 31.3 Å². The van der Waals surface area contributed by atoms with Crippen LogP contribution in [0.2, 0.25) is 0 Å². The van der Waals surface area contributed by atoms with Crippen LogP contribution >= 0.6 is 24.2 Å². The number of carbonyl (C=O) groups excluding carboxylic acids is 1. The van der Waals surface area contributed by atoms with Crippen LogP contribution in [0.3, 0.4) is 0 Å². The second kappa shape index (κ2) is 6.40. The van der Waals surface area contributed by atoms with E-state index >= 15 is 0 Å². The Morgan fingerprint density at radius 3 is 2.91 bits per heavy atom. The number of rotatable bonds is 2. The molecular weight excluding hydrogens is 316 g/mol. The maximum Gasteiger partial charge on any atom is 0.224 e. The minimum Gasteiger partial charge on any atom is -0.353 e. The highest BCUT2D eigenvalue weighted by molar-refractivity contribution is 8.02. The van der Waals surface area contributed by atoms with Gasteiger partial charge in [-0.3, -0.25) is 9.79 Å². The van der Waals surface area contributed by atoms with Crippen LogP contribution in [0.4, 0.5) is 0 Å². The molecule has 0 bridgehead atoms. The van der Waals surface area contributed by atoms with E-state index in [4.69, 9.17) is 4.99 Å². The summed E-state index contributed by atoms with van der Waals surface area (Å²) in [5.41, 5.74) is 1.18. The van der Waals surface area contributed by atoms with E-state index in [1.54, 1.807) is 0 Å². The molecule has 1 N–H and O–H groups in total. The normalized spacial score (nSPS) is 36.3. The van der Waals surface area contributed by atoms with E-state index in [1.165, 1.54) is 18.6 Å². The van der Waals surface area contributed by atoms with Gasteiger partial charge in [-0.2, -0.15) is 0 Å². The van der Waals surface area contributed by atoms with Gasteiger partial charge in [0.25, 0.3) is 0 Å². The molecule has 2 heterocycles. The fraction of sp³-hybridized carbons (Fsp3) is 0.647. The third-order valence-electron chi connectivity index (χ3n) is 5.41. The van der Waals surface area contributed by atoms with Gasteiger partial charge in [0.05, 0.1) is 16.4 Å². The standard InChI is InChI=1S/C17H22N2OS.ClH/c20-16(19-12-5-1-2-6-12)13-11-21-17-9-4-3-7-15(17)18-10-8-14(13)17;/h3-4,7,9,12-14H,1-2,5-6,8,10-11H2,(H,19,20);1H. The van der Waals surface area contributed by atoms with Crippen LogP contribution in [0.25, 0.3) is 0 Å². The Labute approximate surface area is 142 Å². The number of thioether (sulfide) groups is 1. The minimum absolute atomic E-state index is 0. The van der Waals surface area contributed by atoms with E-state index in [-0.39, 0.29) is 23.1 Å². The lowest BCUT2D eigenvalue weighted by molar-refractivity contribution is -0.126. The molecule has 4 rings (SSSR count). The van der Waals surface area contributed by atoms with Gasteiger partial charge in [-0.25, -0.2) is 0 Å². The molecule has 3 atom stereocenters. The average molecular weight is 339 g/mol. The molecule has 4 aliphatic rings. The summed E-state index contributed by atoms with van der Waals surface area (Å²) in [5, 5.41) is 3.31. The summed E-state index contributed by atoms with van der Waals surface area (Å²) >= 11 is 1.92. The highest BCUT2D eigenvalue weighted by Crippen LogP contribution is 2.52. The number of hydrogen-bond donors (Lipinski definition) is 1. The monoisotopic (exact) mass is 338 g/mol. The van der Waals surface area contributed by atoms with Crippen molar-refractivity contribution < 1.29 is 4.79 Å². The average Bonchev–Trinajstić information content (AvgIpc) is 3.13. The molecule has 120 valence electrons. The molecule has 22 heavy (non-hydrogen) atoms. The van der Waals surface area contributed by atoms with Gasteiger partial charge in [-0.15, -0.1) is 24.2 Å². The molecule has 1 amide bonds. The summed E-state index contributed by atoms with van der Waals surface area (Å²) in [4.78, 5) is 17.4. The van der Waals surface area contributed by atoms with Crippen LogP contribution in [-0.4, -0.2) is 34.7 Å². The summed E-state index contributed by atoms with van der Waals surface area (Å²) in [6, 6.07) is 0.428. The van der Waals surface area contributed by atoms with Gasteiger partial charge in [-0.1, -0.05) is 31.1 Å². The maximum absolute atomic E-state index is 12.7. The second-order valence-electron chi connectivity index (χ2n) is 6.58. The molecule has 1 saturated carbocycles. The first-order valence-electron chi connectivity index (χ1n) is 8.15. The molecule has 1 spiro atoms. The van der Waals surface area contributed by atoms with Gasteiger partial charge in [0.2, 0.25) is 5.91 Å². The summed E-state index contributed by atoms with van der Waals surface area (Å²) < 4.78 is -0.0231. The molecule has 2 aliphatic carbocycles. The number of nitrogens with zero attached hydrogens (tertiary/aromatic N) is 1. The van der Waals surface area contributed by atoms with Gasteiger partial charge in [0.1, 0.15) is 0 Å². The Morgan fingerprint density at radius 1 is 1.27 bits per heavy atom. The molecule has 2 fully saturated rings. The minimum atomic E-state index is -0.0231. The van der Waals surface area contributed by atoms with Gasteiger partial charge in [0.15, 0.2) is 0 Å². The fourth-order valence-electron chi connectivity index (χ4n) is 4.30. The molecule has 0 radical (unpaired) electrons. The van der Waals surface area contributed by atoms with Crippen LogP contribution in [-0.2, 0) is 4.79 Å². The van der Waals surface area contributed by atoms with Crippen LogP contribution in [0.5, 0.6) is 0 Å². The number of aliphatic imine (C=N–C) groups is 1. The van der Waals surface area contributed by atoms with E-state index in [2.05, 4.69) is 29.6 Å². The molecule has 0 aromatic rings. The Kier molecular flexibility index (Phi) is 4.69. The number of allylic oxidation sites excluding steroid dienone is 3. The SMILES string of the molecule is Cl.O=C(NC1CCCC1)C1CSC23C=CC=CC2=NCCC13. The zero-order valence-corrected chi connectivity index (χ0v) is 14.3. The highest BCUT2D eigenvalue weighted by Gasteiger charge is 2.54. The quantitative estimate of drug-likeness (QED) is 0.840. The van der Waals surface area contributed by atoms with Crippen molar-refractivity contribution in [3.63, 3.8) is 0 Å². The van der Waals surface area contributed by atoms with E-state index < -0.39 is 0 Å². The molecule has 1 saturated heterocycles. The lowest BCUT2D eigenvalue weighted by Gasteiger charge is -2.38. The van der Waals surface area contributed by atoms with E-state index in [9.17, 15) is 4.79 Å². The fourth-order valence-corrected chi connectivity index (χ4v) is 6.09. The van der Waals surface area contributed by atoms with Crippen molar-refractivity contribution >= 4 is 35.8 Å². The van der Waals surface area contributed by atoms with Gasteiger partial charge in [0, 0.05) is 18.3 Å². The lowest BCUT2D eigenvalue weighted by atomic mass is 9.74. The summed E-state index contributed by atoms with van der Waals surface area (Å²) in [6.45, 7) is 0.869. The molecule has 0 aromatic carbocycles. The van der Waals surface area contributed by atoms with E-state index in [1.807, 2.05) is 11.8 Å². The Bertz CT molecular complexity index is 539. The molecule has 3 unspecified atom stereocenters. The van der Waals surface area contributed by atoms with Crippen molar-refractivity contribution in [1.82, 2.24) is 5.32 Å². The number of halogens is 1. The van der Waals surface area contributed by atoms with Crippen LogP contribution in [0, 0.1) is 11.8 Å². The van der Waals surface area contributed by atoms with Crippen LogP contribution in [0.1, 0.15) is 32.1 Å². The topological polar surface area (TPSA) is 41.5 Å². The van der Waals surface area contributed by atoms with Crippen LogP contribution < -0.4 is 5.32 Å². The van der Waals surface area contributed by atoms with E-state index in [0.717, 1.165) is 31.6 Å². The molecule has 0 aromatic heterocycles. The summed E-state index contributed by atoms with van der Waals surface area (Å²) in [6.07, 6.45) is 14.5. The smallest absolute Gasteiger partial charge is 0.224 e. The Hall–Kier alpha value is -0.740.